The molecule has 0 amide bonds. The fraction of sp³-hybridized carbons (Fsp3) is 0.0769. The minimum atomic E-state index is -2.01. The summed E-state index contributed by atoms with van der Waals surface area (Å²) in [5.74, 6) is 0.686. The lowest BCUT2D eigenvalue weighted by atomic mass is 10.0. The molecule has 4 heteroatoms. The smallest absolute Gasteiger partial charge is 0.187 e. The Morgan fingerprint density at radius 2 is 1.59 bits per heavy atom. The van der Waals surface area contributed by atoms with Gasteiger partial charge in [-0.05, 0) is 12.1 Å². The second-order valence-electron chi connectivity index (χ2n) is 3.45. The highest BCUT2D eigenvalue weighted by Crippen LogP contribution is 2.32. The molecule has 0 radical (unpaired) electrons. The Morgan fingerprint density at radius 3 is 2.24 bits per heavy atom. The topological polar surface area (TPSA) is 46.5 Å². The van der Waals surface area contributed by atoms with Crippen LogP contribution >= 0.6 is 0 Å². The molecule has 17 heavy (non-hydrogen) atoms. The minimum Gasteiger partial charge on any atom is -0.496 e. The van der Waals surface area contributed by atoms with Gasteiger partial charge < -0.3 is 9.29 Å². The molecule has 1 unspecified atom stereocenters. The van der Waals surface area contributed by atoms with E-state index >= 15 is 0 Å². The van der Waals surface area contributed by atoms with Crippen molar-refractivity contribution < 1.29 is 13.5 Å². The average molecular weight is 248 g/mol. The van der Waals surface area contributed by atoms with Crippen LogP contribution in [0.25, 0.3) is 11.1 Å². The van der Waals surface area contributed by atoms with E-state index < -0.39 is 11.1 Å². The molecule has 0 heterocycles. The Bertz CT molecular complexity index is 552. The van der Waals surface area contributed by atoms with Gasteiger partial charge in [0.05, 0.1) is 12.0 Å². The van der Waals surface area contributed by atoms with Gasteiger partial charge in [-0.25, -0.2) is 4.21 Å². The molecule has 88 valence electrons. The van der Waals surface area contributed by atoms with Crippen molar-refractivity contribution in [3.05, 3.63) is 48.5 Å². The molecule has 0 aromatic heterocycles. The molecule has 0 aliphatic heterocycles. The Labute approximate surface area is 102 Å². The molecule has 0 aliphatic carbocycles. The summed E-state index contributed by atoms with van der Waals surface area (Å²) >= 11 is -2.01. The lowest BCUT2D eigenvalue weighted by Crippen LogP contribution is -1.94. The monoisotopic (exact) mass is 248 g/mol. The van der Waals surface area contributed by atoms with E-state index in [1.807, 2.05) is 30.3 Å². The van der Waals surface area contributed by atoms with Crippen molar-refractivity contribution in [3.8, 4) is 16.9 Å². The highest BCUT2D eigenvalue weighted by molar-refractivity contribution is 7.79. The number of ether oxygens (including phenoxy) is 1. The molecule has 0 saturated carbocycles. The number of para-hydroxylation sites is 1. The van der Waals surface area contributed by atoms with E-state index in [2.05, 4.69) is 0 Å². The number of hydrogen-bond donors (Lipinski definition) is 1. The van der Waals surface area contributed by atoms with E-state index in [9.17, 15) is 8.76 Å². The zero-order valence-electron chi connectivity index (χ0n) is 9.29. The molecular weight excluding hydrogens is 236 g/mol. The van der Waals surface area contributed by atoms with Gasteiger partial charge >= 0.3 is 0 Å². The van der Waals surface area contributed by atoms with Crippen LogP contribution < -0.4 is 4.74 Å². The van der Waals surface area contributed by atoms with Crippen LogP contribution in [0.3, 0.4) is 0 Å². The van der Waals surface area contributed by atoms with E-state index in [1.165, 1.54) is 0 Å². The number of rotatable bonds is 3. The molecule has 0 spiro atoms. The molecule has 0 bridgehead atoms. The summed E-state index contributed by atoms with van der Waals surface area (Å²) < 4.78 is 25.8. The first-order valence-electron chi connectivity index (χ1n) is 5.07. The van der Waals surface area contributed by atoms with Gasteiger partial charge in [-0.2, -0.15) is 0 Å². The summed E-state index contributed by atoms with van der Waals surface area (Å²) in [6, 6.07) is 14.4. The summed E-state index contributed by atoms with van der Waals surface area (Å²) in [5.41, 5.74) is 1.53. The van der Waals surface area contributed by atoms with Crippen LogP contribution in [-0.4, -0.2) is 15.9 Å². The maximum absolute atomic E-state index is 11.3. The number of benzene rings is 2. The van der Waals surface area contributed by atoms with Crippen LogP contribution in [0, 0.1) is 0 Å². The molecule has 0 saturated heterocycles. The van der Waals surface area contributed by atoms with Crippen LogP contribution in [-0.2, 0) is 11.1 Å². The average Bonchev–Trinajstić information content (AvgIpc) is 2.38. The third kappa shape index (κ3) is 2.38. The molecule has 3 nitrogen and oxygen atoms in total. The quantitative estimate of drug-likeness (QED) is 0.849. The molecule has 0 fully saturated rings. The summed E-state index contributed by atoms with van der Waals surface area (Å²) in [7, 11) is 1.58. The second kappa shape index (κ2) is 5.12. The fourth-order valence-electron chi connectivity index (χ4n) is 1.71. The standard InChI is InChI=1S/C13H12O3S/c1-16-12-8-4-2-6-10(12)11-7-3-5-9-13(11)17(14)15/h2-9H,1H3,(H,14,15). The fourth-order valence-corrected chi connectivity index (χ4v) is 2.27. The highest BCUT2D eigenvalue weighted by atomic mass is 32.2. The normalized spacial score (nSPS) is 12.1. The zero-order chi connectivity index (χ0) is 12.3. The first-order valence-corrected chi connectivity index (χ1v) is 6.18. The molecule has 1 N–H and O–H groups in total. The van der Waals surface area contributed by atoms with Crippen LogP contribution in [0.2, 0.25) is 0 Å². The molecular formula is C13H12O3S. The van der Waals surface area contributed by atoms with Crippen LogP contribution in [0.15, 0.2) is 53.4 Å². The van der Waals surface area contributed by atoms with Gasteiger partial charge in [0.15, 0.2) is 11.1 Å². The first-order chi connectivity index (χ1) is 8.24. The van der Waals surface area contributed by atoms with Gasteiger partial charge in [-0.15, -0.1) is 0 Å². The highest BCUT2D eigenvalue weighted by Gasteiger charge is 2.12. The third-order valence-electron chi connectivity index (χ3n) is 2.47. The predicted octanol–water partition coefficient (Wildman–Crippen LogP) is 2.94. The van der Waals surface area contributed by atoms with Crippen molar-refractivity contribution in [3.63, 3.8) is 0 Å². The van der Waals surface area contributed by atoms with E-state index in [-0.39, 0.29) is 0 Å². The van der Waals surface area contributed by atoms with E-state index in [1.54, 1.807) is 25.3 Å². The van der Waals surface area contributed by atoms with Crippen LogP contribution in [0.1, 0.15) is 0 Å². The Morgan fingerprint density at radius 1 is 1.00 bits per heavy atom. The predicted molar refractivity (Wildman–Crippen MR) is 67.5 cm³/mol. The lowest BCUT2D eigenvalue weighted by molar-refractivity contribution is 0.416. The van der Waals surface area contributed by atoms with E-state index in [0.29, 0.717) is 16.2 Å². The molecule has 2 aromatic carbocycles. The van der Waals surface area contributed by atoms with E-state index in [0.717, 1.165) is 5.56 Å². The molecule has 2 rings (SSSR count). The van der Waals surface area contributed by atoms with Crippen molar-refractivity contribution >= 4 is 11.1 Å². The van der Waals surface area contributed by atoms with Gasteiger partial charge in [0.1, 0.15) is 5.75 Å². The van der Waals surface area contributed by atoms with Crippen LogP contribution in [0.4, 0.5) is 0 Å². The van der Waals surface area contributed by atoms with Crippen LogP contribution in [0.5, 0.6) is 5.75 Å². The van der Waals surface area contributed by atoms with Gasteiger partial charge in [0, 0.05) is 11.1 Å². The van der Waals surface area contributed by atoms with Crippen molar-refractivity contribution in [2.45, 2.75) is 4.90 Å². The van der Waals surface area contributed by atoms with Gasteiger partial charge in [0.25, 0.3) is 0 Å². The maximum atomic E-state index is 11.3. The summed E-state index contributed by atoms with van der Waals surface area (Å²) in [6.45, 7) is 0. The van der Waals surface area contributed by atoms with Crippen molar-refractivity contribution in [2.75, 3.05) is 7.11 Å². The molecule has 0 aliphatic rings. The van der Waals surface area contributed by atoms with Gasteiger partial charge in [-0.1, -0.05) is 36.4 Å². The molecule has 2 aromatic rings. The summed E-state index contributed by atoms with van der Waals surface area (Å²) in [4.78, 5) is 0.386. The van der Waals surface area contributed by atoms with Gasteiger partial charge in [0.2, 0.25) is 0 Å². The van der Waals surface area contributed by atoms with E-state index in [4.69, 9.17) is 4.74 Å². The zero-order valence-corrected chi connectivity index (χ0v) is 10.1. The Hall–Kier alpha value is -1.65. The summed E-state index contributed by atoms with van der Waals surface area (Å²) in [6.07, 6.45) is 0. The van der Waals surface area contributed by atoms with Crippen molar-refractivity contribution in [1.29, 1.82) is 0 Å². The first kappa shape index (κ1) is 11.8. The summed E-state index contributed by atoms with van der Waals surface area (Å²) in [5, 5.41) is 0. The Kier molecular flexibility index (Phi) is 3.56. The SMILES string of the molecule is COc1ccccc1-c1ccccc1S(=O)O. The number of methoxy groups -OCH3 is 1. The number of hydrogen-bond acceptors (Lipinski definition) is 2. The van der Waals surface area contributed by atoms with Crippen molar-refractivity contribution in [2.24, 2.45) is 0 Å². The second-order valence-corrected chi connectivity index (χ2v) is 4.38. The third-order valence-corrected chi connectivity index (χ3v) is 3.20. The minimum absolute atomic E-state index is 0.386. The lowest BCUT2D eigenvalue weighted by Gasteiger charge is -2.10. The van der Waals surface area contributed by atoms with Gasteiger partial charge in [-0.3, -0.25) is 0 Å². The largest absolute Gasteiger partial charge is 0.496 e. The maximum Gasteiger partial charge on any atom is 0.187 e. The Balaban J connectivity index is 2.64. The van der Waals surface area contributed by atoms with Crippen molar-refractivity contribution in [1.82, 2.24) is 0 Å². The molecule has 1 atom stereocenters.